The summed E-state index contributed by atoms with van der Waals surface area (Å²) in [5.41, 5.74) is -0.342. The molecule has 0 atom stereocenters. The average Bonchev–Trinajstić information content (AvgIpc) is 2.25. The van der Waals surface area contributed by atoms with Gasteiger partial charge in [-0.2, -0.15) is 4.98 Å². The first-order chi connectivity index (χ1) is 7.58. The van der Waals surface area contributed by atoms with Gasteiger partial charge in [-0.15, -0.1) is 0 Å². The number of nitrogens with zero attached hydrogens (tertiary/aromatic N) is 1. The molecule has 2 aromatic rings. The molecule has 6 heteroatoms. The lowest BCUT2D eigenvalue weighted by molar-refractivity contribution is 0.615. The van der Waals surface area contributed by atoms with Gasteiger partial charge < -0.3 is 4.98 Å². The van der Waals surface area contributed by atoms with Crippen LogP contribution in [-0.2, 0) is 0 Å². The van der Waals surface area contributed by atoms with Gasteiger partial charge in [0.15, 0.2) is 5.82 Å². The highest BCUT2D eigenvalue weighted by atomic mass is 35.5. The molecule has 1 aromatic carbocycles. The van der Waals surface area contributed by atoms with Crippen molar-refractivity contribution in [3.63, 3.8) is 0 Å². The highest BCUT2D eigenvalue weighted by Crippen LogP contribution is 2.29. The van der Waals surface area contributed by atoms with E-state index in [0.29, 0.717) is 15.6 Å². The third-order valence-electron chi connectivity index (χ3n) is 1.96. The normalized spacial score (nSPS) is 10.4. The van der Waals surface area contributed by atoms with E-state index in [9.17, 15) is 9.18 Å². The van der Waals surface area contributed by atoms with Gasteiger partial charge in [0.05, 0.1) is 16.9 Å². The Morgan fingerprint density at radius 1 is 1.31 bits per heavy atom. The van der Waals surface area contributed by atoms with E-state index in [0.717, 1.165) is 6.20 Å². The first-order valence-corrected chi connectivity index (χ1v) is 5.04. The molecule has 1 heterocycles. The van der Waals surface area contributed by atoms with Crippen molar-refractivity contribution in [2.45, 2.75) is 0 Å². The predicted octanol–water partition coefficient (Wildman–Crippen LogP) is 2.88. The quantitative estimate of drug-likeness (QED) is 0.855. The predicted molar refractivity (Wildman–Crippen MR) is 60.3 cm³/mol. The van der Waals surface area contributed by atoms with Crippen LogP contribution in [0.15, 0.2) is 29.2 Å². The van der Waals surface area contributed by atoms with Crippen LogP contribution < -0.4 is 5.69 Å². The molecule has 0 amide bonds. The molecule has 0 radical (unpaired) electrons. The van der Waals surface area contributed by atoms with Gasteiger partial charge in [-0.3, -0.25) is 0 Å². The van der Waals surface area contributed by atoms with Crippen molar-refractivity contribution in [1.82, 2.24) is 9.97 Å². The van der Waals surface area contributed by atoms with Crippen LogP contribution in [0.5, 0.6) is 0 Å². The molecule has 0 aliphatic heterocycles. The molecule has 2 rings (SSSR count). The number of hydrogen-bond donors (Lipinski definition) is 1. The summed E-state index contributed by atoms with van der Waals surface area (Å²) in [6, 6.07) is 4.57. The van der Waals surface area contributed by atoms with Crippen LogP contribution in [0.2, 0.25) is 10.0 Å². The van der Waals surface area contributed by atoms with Crippen molar-refractivity contribution >= 4 is 23.2 Å². The van der Waals surface area contributed by atoms with Crippen molar-refractivity contribution in [2.24, 2.45) is 0 Å². The molecule has 1 N–H and O–H groups in total. The van der Waals surface area contributed by atoms with Gasteiger partial charge >= 0.3 is 5.69 Å². The van der Waals surface area contributed by atoms with Crippen molar-refractivity contribution in [2.75, 3.05) is 0 Å². The Balaban J connectivity index is 2.71. The summed E-state index contributed by atoms with van der Waals surface area (Å²) in [5.74, 6) is -0.663. The molecule has 0 unspecified atom stereocenters. The second-order valence-corrected chi connectivity index (χ2v) is 3.88. The number of benzene rings is 1. The van der Waals surface area contributed by atoms with Gasteiger partial charge in [-0.1, -0.05) is 23.2 Å². The molecule has 0 bridgehead atoms. The average molecular weight is 259 g/mol. The summed E-state index contributed by atoms with van der Waals surface area (Å²) in [7, 11) is 0. The van der Waals surface area contributed by atoms with Gasteiger partial charge in [0.2, 0.25) is 0 Å². The molecule has 0 aliphatic carbocycles. The Labute approximate surface area is 99.9 Å². The first-order valence-electron chi connectivity index (χ1n) is 4.28. The third kappa shape index (κ3) is 2.08. The highest BCUT2D eigenvalue weighted by molar-refractivity contribution is 6.35. The minimum atomic E-state index is -0.663. The molecule has 3 nitrogen and oxygen atoms in total. The summed E-state index contributed by atoms with van der Waals surface area (Å²) in [6.07, 6.45) is 0.839. The van der Waals surface area contributed by atoms with E-state index in [1.165, 1.54) is 12.1 Å². The van der Waals surface area contributed by atoms with E-state index in [4.69, 9.17) is 23.2 Å². The maximum atomic E-state index is 13.4. The number of nitrogens with one attached hydrogen (secondary N) is 1. The standard InChI is InChI=1S/C10H5Cl2FN2O/c11-5-1-2-7(12)6(3-5)9-8(13)4-14-10(16)15-9/h1-4H,(H,14,15,16). The Morgan fingerprint density at radius 3 is 2.81 bits per heavy atom. The van der Waals surface area contributed by atoms with Crippen molar-refractivity contribution in [3.05, 3.63) is 50.7 Å². The topological polar surface area (TPSA) is 45.8 Å². The molecule has 0 fully saturated rings. The van der Waals surface area contributed by atoms with Crippen molar-refractivity contribution < 1.29 is 4.39 Å². The summed E-state index contributed by atoms with van der Waals surface area (Å²) >= 11 is 11.7. The first kappa shape index (κ1) is 11.1. The zero-order chi connectivity index (χ0) is 11.7. The Kier molecular flexibility index (Phi) is 2.94. The maximum absolute atomic E-state index is 13.4. The van der Waals surface area contributed by atoms with E-state index in [1.807, 2.05) is 0 Å². The molecular weight excluding hydrogens is 254 g/mol. The van der Waals surface area contributed by atoms with Crippen LogP contribution in [0.1, 0.15) is 0 Å². The van der Waals surface area contributed by atoms with Gasteiger partial charge in [0.25, 0.3) is 0 Å². The minimum absolute atomic E-state index is 0.0208. The van der Waals surface area contributed by atoms with Gasteiger partial charge in [0, 0.05) is 10.6 Å². The number of rotatable bonds is 1. The summed E-state index contributed by atoms with van der Waals surface area (Å²) in [6.45, 7) is 0. The smallest absolute Gasteiger partial charge is 0.303 e. The van der Waals surface area contributed by atoms with E-state index in [2.05, 4.69) is 9.97 Å². The number of halogens is 3. The van der Waals surface area contributed by atoms with Crippen LogP contribution in [0.3, 0.4) is 0 Å². The zero-order valence-corrected chi connectivity index (χ0v) is 9.31. The molecule has 82 valence electrons. The van der Waals surface area contributed by atoms with Crippen molar-refractivity contribution in [1.29, 1.82) is 0 Å². The minimum Gasteiger partial charge on any atom is -0.303 e. The van der Waals surface area contributed by atoms with Crippen LogP contribution in [0, 0.1) is 5.82 Å². The lowest BCUT2D eigenvalue weighted by Crippen LogP contribution is -2.11. The van der Waals surface area contributed by atoms with Crippen LogP contribution >= 0.6 is 23.2 Å². The molecule has 0 saturated carbocycles. The molecule has 16 heavy (non-hydrogen) atoms. The number of aromatic nitrogens is 2. The number of hydrogen-bond acceptors (Lipinski definition) is 2. The lowest BCUT2D eigenvalue weighted by atomic mass is 10.1. The van der Waals surface area contributed by atoms with Crippen LogP contribution in [0.25, 0.3) is 11.3 Å². The molecule has 1 aromatic heterocycles. The Morgan fingerprint density at radius 2 is 2.06 bits per heavy atom. The van der Waals surface area contributed by atoms with E-state index in [-0.39, 0.29) is 5.69 Å². The Hall–Kier alpha value is -1.39. The van der Waals surface area contributed by atoms with Crippen LogP contribution in [0.4, 0.5) is 4.39 Å². The largest absolute Gasteiger partial charge is 0.345 e. The monoisotopic (exact) mass is 258 g/mol. The summed E-state index contributed by atoms with van der Waals surface area (Å²) < 4.78 is 13.4. The number of aromatic amines is 1. The zero-order valence-electron chi connectivity index (χ0n) is 7.80. The van der Waals surface area contributed by atoms with E-state index in [1.54, 1.807) is 6.07 Å². The second kappa shape index (κ2) is 4.23. The fraction of sp³-hybridized carbons (Fsp3) is 0. The lowest BCUT2D eigenvalue weighted by Gasteiger charge is -2.05. The second-order valence-electron chi connectivity index (χ2n) is 3.04. The van der Waals surface area contributed by atoms with Crippen LogP contribution in [-0.4, -0.2) is 9.97 Å². The maximum Gasteiger partial charge on any atom is 0.345 e. The third-order valence-corrected chi connectivity index (χ3v) is 2.53. The fourth-order valence-corrected chi connectivity index (χ4v) is 1.65. The molecule has 0 spiro atoms. The summed E-state index contributed by atoms with van der Waals surface area (Å²) in [4.78, 5) is 16.5. The van der Waals surface area contributed by atoms with Gasteiger partial charge in [-0.25, -0.2) is 9.18 Å². The molecular formula is C10H5Cl2FN2O. The van der Waals surface area contributed by atoms with E-state index < -0.39 is 11.5 Å². The number of H-pyrrole nitrogens is 1. The molecule has 0 aliphatic rings. The summed E-state index contributed by atoms with van der Waals surface area (Å²) in [5, 5.41) is 0.696. The highest BCUT2D eigenvalue weighted by Gasteiger charge is 2.10. The molecule has 0 saturated heterocycles. The van der Waals surface area contributed by atoms with Gasteiger partial charge in [-0.05, 0) is 18.2 Å². The SMILES string of the molecule is O=c1ncc(F)c(-c2cc(Cl)ccc2Cl)[nH]1. The van der Waals surface area contributed by atoms with E-state index >= 15 is 0 Å². The Bertz CT molecular complexity index is 598. The fourth-order valence-electron chi connectivity index (χ4n) is 1.26. The van der Waals surface area contributed by atoms with Gasteiger partial charge in [0.1, 0.15) is 0 Å². The van der Waals surface area contributed by atoms with Crippen molar-refractivity contribution in [3.8, 4) is 11.3 Å².